The number of aliphatic carboxylic acids is 1. The molecule has 0 aromatic rings. The van der Waals surface area contributed by atoms with Crippen LogP contribution in [0.5, 0.6) is 0 Å². The molecule has 0 aromatic heterocycles. The van der Waals surface area contributed by atoms with Crippen molar-refractivity contribution in [1.29, 1.82) is 0 Å². The number of unbranched alkanes of at least 4 members (excludes halogenated alkanes) is 21. The van der Waals surface area contributed by atoms with E-state index in [4.69, 9.17) is 18.9 Å². The zero-order valence-corrected chi connectivity index (χ0v) is 37.5. The molecule has 0 aliphatic carbocycles. The lowest BCUT2D eigenvalue weighted by atomic mass is 10.0. The minimum absolute atomic E-state index is 0.185. The Bertz CT molecular complexity index is 1030. The lowest BCUT2D eigenvalue weighted by Gasteiger charge is -2.25. The summed E-state index contributed by atoms with van der Waals surface area (Å²) in [5.74, 6) is -2.02. The van der Waals surface area contributed by atoms with Crippen molar-refractivity contribution in [2.24, 2.45) is 0 Å². The Kier molecular flexibility index (Phi) is 38.5. The van der Waals surface area contributed by atoms with Gasteiger partial charge in [0.2, 0.25) is 0 Å². The maximum Gasteiger partial charge on any atom is 0.361 e. The van der Waals surface area contributed by atoms with Crippen molar-refractivity contribution < 1.29 is 42.9 Å². The van der Waals surface area contributed by atoms with Gasteiger partial charge in [-0.1, -0.05) is 172 Å². The van der Waals surface area contributed by atoms with Gasteiger partial charge in [0, 0.05) is 12.8 Å². The molecule has 0 heterocycles. The lowest BCUT2D eigenvalue weighted by molar-refractivity contribution is -0.870. The molecule has 9 heteroatoms. The van der Waals surface area contributed by atoms with Crippen LogP contribution in [0.4, 0.5) is 0 Å². The molecule has 0 aliphatic heterocycles. The zero-order valence-electron chi connectivity index (χ0n) is 37.5. The number of nitrogens with zero attached hydrogens (tertiary/aromatic N) is 1. The molecule has 57 heavy (non-hydrogen) atoms. The first-order valence-corrected chi connectivity index (χ1v) is 23.2. The van der Waals surface area contributed by atoms with E-state index >= 15 is 0 Å². The van der Waals surface area contributed by atoms with Gasteiger partial charge in [0.05, 0.1) is 34.4 Å². The van der Waals surface area contributed by atoms with Crippen molar-refractivity contribution in [3.63, 3.8) is 0 Å². The van der Waals surface area contributed by atoms with E-state index in [1.54, 1.807) is 0 Å². The average Bonchev–Trinajstić information content (AvgIpc) is 3.17. The van der Waals surface area contributed by atoms with Crippen LogP contribution in [0.25, 0.3) is 0 Å². The topological polar surface area (TPSA) is 108 Å². The molecule has 0 radical (unpaired) electrons. The maximum absolute atomic E-state index is 12.8. The number of ether oxygens (including phenoxy) is 4. The predicted octanol–water partition coefficient (Wildman–Crippen LogP) is 12.2. The molecule has 2 unspecified atom stereocenters. The molecule has 0 bridgehead atoms. The fourth-order valence-corrected chi connectivity index (χ4v) is 6.32. The van der Waals surface area contributed by atoms with Gasteiger partial charge in [0.15, 0.2) is 6.10 Å². The highest BCUT2D eigenvalue weighted by molar-refractivity contribution is 5.71. The van der Waals surface area contributed by atoms with Crippen molar-refractivity contribution in [2.75, 3.05) is 47.5 Å². The molecule has 2 atom stereocenters. The van der Waals surface area contributed by atoms with Crippen LogP contribution in [0.3, 0.4) is 0 Å². The summed E-state index contributed by atoms with van der Waals surface area (Å²) in [6, 6.07) is 0. The normalized spacial score (nSPS) is 13.2. The smallest absolute Gasteiger partial charge is 0.361 e. The molecule has 0 aliphatic rings. The predicted molar refractivity (Wildman–Crippen MR) is 235 cm³/mol. The Balaban J connectivity index is 4.42. The Morgan fingerprint density at radius 3 is 1.49 bits per heavy atom. The van der Waals surface area contributed by atoms with Crippen LogP contribution in [0, 0.1) is 0 Å². The highest BCUT2D eigenvalue weighted by atomic mass is 16.7. The number of esters is 2. The van der Waals surface area contributed by atoms with Crippen molar-refractivity contribution in [3.05, 3.63) is 36.5 Å². The molecule has 0 amide bonds. The summed E-state index contributed by atoms with van der Waals surface area (Å²) in [4.78, 5) is 37.1. The summed E-state index contributed by atoms with van der Waals surface area (Å²) in [6.07, 6.45) is 42.0. The molecule has 0 fully saturated rings. The minimum atomic E-state index is -1.51. The summed E-state index contributed by atoms with van der Waals surface area (Å²) in [7, 11) is 5.95. The molecule has 0 spiro atoms. The monoisotopic (exact) mass is 807 g/mol. The SMILES string of the molecule is CC/C=C\C/C=C\C/C=C\CCCCCCCC(=O)OC(COC(=O)CCCCCCCCCCCCCCCCCCC)COC(OCC[N+](C)(C)C)C(=O)O. The molecule has 0 rings (SSSR count). The molecule has 0 saturated carbocycles. The fourth-order valence-electron chi connectivity index (χ4n) is 6.32. The number of carbonyl (C=O) groups excluding carboxylic acids is 2. The van der Waals surface area contributed by atoms with Crippen LogP contribution in [0.2, 0.25) is 0 Å². The van der Waals surface area contributed by atoms with Gasteiger partial charge < -0.3 is 28.5 Å². The second kappa shape index (κ2) is 40.3. The van der Waals surface area contributed by atoms with Crippen LogP contribution in [-0.4, -0.2) is 87.4 Å². The van der Waals surface area contributed by atoms with Gasteiger partial charge >= 0.3 is 17.9 Å². The molecular weight excluding hydrogens is 719 g/mol. The number of allylic oxidation sites excluding steroid dienone is 6. The van der Waals surface area contributed by atoms with Crippen LogP contribution >= 0.6 is 0 Å². The third-order valence-corrected chi connectivity index (χ3v) is 9.91. The third-order valence-electron chi connectivity index (χ3n) is 9.91. The number of rotatable bonds is 42. The van der Waals surface area contributed by atoms with Crippen molar-refractivity contribution in [2.45, 2.75) is 206 Å². The minimum Gasteiger partial charge on any atom is -0.477 e. The van der Waals surface area contributed by atoms with Gasteiger partial charge in [-0.25, -0.2) is 4.79 Å². The number of carbonyl (C=O) groups is 3. The molecule has 0 saturated heterocycles. The summed E-state index contributed by atoms with van der Waals surface area (Å²) in [5, 5.41) is 9.64. The third kappa shape index (κ3) is 41.5. The van der Waals surface area contributed by atoms with Gasteiger partial charge in [-0.05, 0) is 44.9 Å². The van der Waals surface area contributed by atoms with E-state index in [0.717, 1.165) is 70.6 Å². The van der Waals surface area contributed by atoms with Crippen LogP contribution in [0.15, 0.2) is 36.5 Å². The van der Waals surface area contributed by atoms with E-state index in [1.165, 1.54) is 89.9 Å². The highest BCUT2D eigenvalue weighted by Crippen LogP contribution is 2.15. The first kappa shape index (κ1) is 54.5. The van der Waals surface area contributed by atoms with Crippen LogP contribution in [0.1, 0.15) is 194 Å². The number of carboxylic acid groups (broad SMARTS) is 1. The van der Waals surface area contributed by atoms with Crippen molar-refractivity contribution in [3.8, 4) is 0 Å². The van der Waals surface area contributed by atoms with Gasteiger partial charge in [0.1, 0.15) is 13.2 Å². The van der Waals surface area contributed by atoms with Crippen molar-refractivity contribution in [1.82, 2.24) is 0 Å². The number of likely N-dealkylation sites (N-methyl/N-ethyl adjacent to an activating group) is 1. The summed E-state index contributed by atoms with van der Waals surface area (Å²) >= 11 is 0. The number of quaternary nitrogens is 1. The van der Waals surface area contributed by atoms with Crippen molar-refractivity contribution >= 4 is 17.9 Å². The number of hydrogen-bond acceptors (Lipinski definition) is 7. The first-order valence-electron chi connectivity index (χ1n) is 23.2. The number of carboxylic acids is 1. The Labute approximate surface area is 350 Å². The van der Waals surface area contributed by atoms with E-state index in [1.807, 2.05) is 21.1 Å². The summed E-state index contributed by atoms with van der Waals surface area (Å²) < 4.78 is 22.7. The van der Waals surface area contributed by atoms with Crippen LogP contribution < -0.4 is 0 Å². The molecule has 332 valence electrons. The summed E-state index contributed by atoms with van der Waals surface area (Å²) in [5.41, 5.74) is 0. The van der Waals surface area contributed by atoms with Gasteiger partial charge in [0.25, 0.3) is 6.29 Å². The second-order valence-corrected chi connectivity index (χ2v) is 16.7. The Morgan fingerprint density at radius 1 is 0.544 bits per heavy atom. The highest BCUT2D eigenvalue weighted by Gasteiger charge is 2.25. The van der Waals surface area contributed by atoms with Gasteiger partial charge in [-0.15, -0.1) is 0 Å². The Hall–Kier alpha value is -2.49. The largest absolute Gasteiger partial charge is 0.477 e. The van der Waals surface area contributed by atoms with E-state index < -0.39 is 24.3 Å². The quantitative estimate of drug-likeness (QED) is 0.0214. The maximum atomic E-state index is 12.8. The summed E-state index contributed by atoms with van der Waals surface area (Å²) in [6.45, 7) is 4.75. The van der Waals surface area contributed by atoms with E-state index in [0.29, 0.717) is 23.9 Å². The van der Waals surface area contributed by atoms with E-state index in [-0.39, 0.29) is 32.2 Å². The van der Waals surface area contributed by atoms with Gasteiger partial charge in [-0.3, -0.25) is 9.59 Å². The van der Waals surface area contributed by atoms with E-state index in [9.17, 15) is 19.5 Å². The fraction of sp³-hybridized carbons (Fsp3) is 0.812. The standard InChI is InChI=1S/C48H87NO8/c1-6-8-10-12-14-16-18-20-22-23-25-26-28-30-32-34-36-38-45(50)55-42-44(43-56-48(47(52)53)54-41-40-49(3,4)5)57-46(51)39-37-35-33-31-29-27-24-21-19-17-15-13-11-9-7-2/h9,11,15,17,21,24,44,48H,6-8,10,12-14,16,18-20,22-23,25-43H2,1-5H3/p+1/b11-9-,17-15-,24-21-. The molecular formula is C48H88NO8+. The molecule has 0 aromatic carbocycles. The zero-order chi connectivity index (χ0) is 42.1. The van der Waals surface area contributed by atoms with Gasteiger partial charge in [-0.2, -0.15) is 0 Å². The Morgan fingerprint density at radius 2 is 1.00 bits per heavy atom. The average molecular weight is 807 g/mol. The first-order chi connectivity index (χ1) is 27.6. The van der Waals surface area contributed by atoms with E-state index in [2.05, 4.69) is 50.3 Å². The lowest BCUT2D eigenvalue weighted by Crippen LogP contribution is -2.40. The molecule has 1 N–H and O–H groups in total. The number of hydrogen-bond donors (Lipinski definition) is 1. The molecule has 9 nitrogen and oxygen atoms in total. The van der Waals surface area contributed by atoms with Crippen LogP contribution in [-0.2, 0) is 33.3 Å². The second-order valence-electron chi connectivity index (χ2n) is 16.7.